The van der Waals surface area contributed by atoms with Crippen LogP contribution >= 0.6 is 11.3 Å². The van der Waals surface area contributed by atoms with Gasteiger partial charge < -0.3 is 10.1 Å². The molecule has 1 N–H and O–H groups in total. The first kappa shape index (κ1) is 24.0. The van der Waals surface area contributed by atoms with Crippen molar-refractivity contribution in [3.63, 3.8) is 0 Å². The number of nitrogens with zero attached hydrogens (tertiary/aromatic N) is 2. The van der Waals surface area contributed by atoms with E-state index in [9.17, 15) is 0 Å². The lowest BCUT2D eigenvalue weighted by Gasteiger charge is -2.22. The molecular weight excluding hydrogens is 438 g/mol. The summed E-state index contributed by atoms with van der Waals surface area (Å²) in [6, 6.07) is 22.5. The van der Waals surface area contributed by atoms with Crippen molar-refractivity contribution in [3.05, 3.63) is 84.2 Å². The Morgan fingerprint density at radius 2 is 1.56 bits per heavy atom. The Morgan fingerprint density at radius 3 is 2.26 bits per heavy atom. The zero-order valence-corrected chi connectivity index (χ0v) is 21.7. The number of benzene rings is 2. The summed E-state index contributed by atoms with van der Waals surface area (Å²) < 4.78 is 6.34. The molecule has 0 saturated heterocycles. The van der Waals surface area contributed by atoms with E-state index in [2.05, 4.69) is 82.2 Å². The van der Waals surface area contributed by atoms with Crippen LogP contribution in [0.2, 0.25) is 0 Å². The number of hydrogen-bond donors (Lipinski definition) is 1. The Labute approximate surface area is 207 Å². The summed E-state index contributed by atoms with van der Waals surface area (Å²) in [6.45, 7) is 13.3. The van der Waals surface area contributed by atoms with Crippen molar-refractivity contribution < 1.29 is 4.74 Å². The van der Waals surface area contributed by atoms with Crippen LogP contribution in [0.15, 0.2) is 72.9 Å². The van der Waals surface area contributed by atoms with E-state index in [1.165, 1.54) is 10.4 Å². The average Bonchev–Trinajstić information content (AvgIpc) is 3.16. The minimum absolute atomic E-state index is 0.0410. The standard InChI is InChI=1S/C29H33N3OS/c1-28(2,3)19-23-25(20-13-8-7-9-14-20)34-27(32-23)31-22-16-12-18-30-26(22)33-24-17-11-10-15-21(24)29(4,5)6/h7-18H,19H2,1-6H3,(H,31,32). The Bertz CT molecular complexity index is 1250. The number of ether oxygens (including phenoxy) is 1. The van der Waals surface area contributed by atoms with E-state index in [0.717, 1.165) is 34.2 Å². The quantitative estimate of drug-likeness (QED) is 0.306. The molecule has 0 amide bonds. The maximum absolute atomic E-state index is 6.34. The van der Waals surface area contributed by atoms with Crippen LogP contribution in [0.5, 0.6) is 11.6 Å². The number of thiazole rings is 1. The predicted octanol–water partition coefficient (Wildman–Crippen LogP) is 8.63. The highest BCUT2D eigenvalue weighted by molar-refractivity contribution is 7.19. The van der Waals surface area contributed by atoms with Gasteiger partial charge in [0.25, 0.3) is 0 Å². The summed E-state index contributed by atoms with van der Waals surface area (Å²) in [5.74, 6) is 1.35. The van der Waals surface area contributed by atoms with Crippen LogP contribution in [0.1, 0.15) is 52.8 Å². The Hall–Kier alpha value is -3.18. The molecule has 34 heavy (non-hydrogen) atoms. The molecule has 0 atom stereocenters. The Balaban J connectivity index is 1.68. The molecule has 0 saturated carbocycles. The van der Waals surface area contributed by atoms with E-state index in [4.69, 9.17) is 9.72 Å². The summed E-state index contributed by atoms with van der Waals surface area (Å²) in [5, 5.41) is 4.32. The van der Waals surface area contributed by atoms with E-state index >= 15 is 0 Å². The number of rotatable bonds is 6. The molecule has 0 spiro atoms. The fourth-order valence-electron chi connectivity index (χ4n) is 3.80. The fraction of sp³-hybridized carbons (Fsp3) is 0.310. The van der Waals surface area contributed by atoms with Gasteiger partial charge in [-0.3, -0.25) is 0 Å². The van der Waals surface area contributed by atoms with Gasteiger partial charge in [-0.1, -0.05) is 101 Å². The SMILES string of the molecule is CC(C)(C)Cc1nc(Nc2cccnc2Oc2ccccc2C(C)(C)C)sc1-c1ccccc1. The summed E-state index contributed by atoms with van der Waals surface area (Å²) in [4.78, 5) is 10.7. The first-order chi connectivity index (χ1) is 16.1. The summed E-state index contributed by atoms with van der Waals surface area (Å²) in [6.07, 6.45) is 2.65. The van der Waals surface area contributed by atoms with Crippen LogP contribution < -0.4 is 10.1 Å². The van der Waals surface area contributed by atoms with Gasteiger partial charge in [-0.2, -0.15) is 0 Å². The highest BCUT2D eigenvalue weighted by Crippen LogP contribution is 2.40. The van der Waals surface area contributed by atoms with Gasteiger partial charge in [-0.05, 0) is 41.0 Å². The molecule has 4 rings (SSSR count). The number of aromatic nitrogens is 2. The number of nitrogens with one attached hydrogen (secondary N) is 1. The topological polar surface area (TPSA) is 47.0 Å². The van der Waals surface area contributed by atoms with E-state index in [1.807, 2.05) is 36.4 Å². The third kappa shape index (κ3) is 5.84. The maximum atomic E-state index is 6.34. The molecule has 2 aromatic carbocycles. The Morgan fingerprint density at radius 1 is 0.853 bits per heavy atom. The van der Waals surface area contributed by atoms with Gasteiger partial charge >= 0.3 is 0 Å². The molecule has 2 heterocycles. The predicted molar refractivity (Wildman–Crippen MR) is 143 cm³/mol. The number of anilines is 2. The van der Waals surface area contributed by atoms with Gasteiger partial charge in [-0.15, -0.1) is 0 Å². The monoisotopic (exact) mass is 471 g/mol. The smallest absolute Gasteiger partial charge is 0.243 e. The van der Waals surface area contributed by atoms with Crippen LogP contribution in [-0.4, -0.2) is 9.97 Å². The minimum Gasteiger partial charge on any atom is -0.437 e. The number of hydrogen-bond acceptors (Lipinski definition) is 5. The normalized spacial score (nSPS) is 11.9. The highest BCUT2D eigenvalue weighted by atomic mass is 32.1. The van der Waals surface area contributed by atoms with Gasteiger partial charge in [-0.25, -0.2) is 9.97 Å². The molecule has 4 aromatic rings. The first-order valence-electron chi connectivity index (χ1n) is 11.6. The van der Waals surface area contributed by atoms with Crippen molar-refractivity contribution in [1.82, 2.24) is 9.97 Å². The van der Waals surface area contributed by atoms with E-state index in [1.54, 1.807) is 17.5 Å². The molecule has 0 aliphatic heterocycles. The molecule has 4 nitrogen and oxygen atoms in total. The number of para-hydroxylation sites is 1. The van der Waals surface area contributed by atoms with Crippen molar-refractivity contribution in [2.75, 3.05) is 5.32 Å². The van der Waals surface area contributed by atoms with Crippen molar-refractivity contribution in [1.29, 1.82) is 0 Å². The lowest BCUT2D eigenvalue weighted by atomic mass is 9.86. The molecule has 0 radical (unpaired) electrons. The van der Waals surface area contributed by atoms with Gasteiger partial charge in [0.05, 0.1) is 10.6 Å². The van der Waals surface area contributed by atoms with Crippen molar-refractivity contribution >= 4 is 22.2 Å². The summed E-state index contributed by atoms with van der Waals surface area (Å²) in [7, 11) is 0. The average molecular weight is 472 g/mol. The van der Waals surface area contributed by atoms with Crippen LogP contribution in [0.3, 0.4) is 0 Å². The molecule has 2 aromatic heterocycles. The minimum atomic E-state index is -0.0410. The molecule has 0 bridgehead atoms. The van der Waals surface area contributed by atoms with Crippen molar-refractivity contribution in [2.45, 2.75) is 53.4 Å². The third-order valence-corrected chi connectivity index (χ3v) is 6.41. The zero-order valence-electron chi connectivity index (χ0n) is 20.8. The molecule has 0 aliphatic rings. The van der Waals surface area contributed by atoms with Crippen molar-refractivity contribution in [3.8, 4) is 22.1 Å². The lowest BCUT2D eigenvalue weighted by Crippen LogP contribution is -2.12. The summed E-state index contributed by atoms with van der Waals surface area (Å²) in [5.41, 5.74) is 4.32. The lowest BCUT2D eigenvalue weighted by molar-refractivity contribution is 0.408. The molecule has 0 aliphatic carbocycles. The van der Waals surface area contributed by atoms with E-state index < -0.39 is 0 Å². The molecule has 5 heteroatoms. The molecule has 0 fully saturated rings. The third-order valence-electron chi connectivity index (χ3n) is 5.35. The van der Waals surface area contributed by atoms with Crippen LogP contribution in [0, 0.1) is 5.41 Å². The van der Waals surface area contributed by atoms with Gasteiger partial charge in [0.15, 0.2) is 5.13 Å². The zero-order chi connectivity index (χ0) is 24.3. The van der Waals surface area contributed by atoms with Gasteiger partial charge in [0, 0.05) is 11.8 Å². The fourth-order valence-corrected chi connectivity index (χ4v) is 4.80. The van der Waals surface area contributed by atoms with Crippen molar-refractivity contribution in [2.24, 2.45) is 5.41 Å². The van der Waals surface area contributed by atoms with Crippen LogP contribution in [-0.2, 0) is 11.8 Å². The van der Waals surface area contributed by atoms with Gasteiger partial charge in [0.2, 0.25) is 5.88 Å². The molecule has 176 valence electrons. The van der Waals surface area contributed by atoms with E-state index in [0.29, 0.717) is 5.88 Å². The van der Waals surface area contributed by atoms with Crippen LogP contribution in [0.4, 0.5) is 10.8 Å². The summed E-state index contributed by atoms with van der Waals surface area (Å²) >= 11 is 1.66. The molecule has 0 unspecified atom stereocenters. The van der Waals surface area contributed by atoms with Gasteiger partial charge in [0.1, 0.15) is 11.4 Å². The highest BCUT2D eigenvalue weighted by Gasteiger charge is 2.22. The number of pyridine rings is 1. The first-order valence-corrected chi connectivity index (χ1v) is 12.5. The van der Waals surface area contributed by atoms with Crippen LogP contribution in [0.25, 0.3) is 10.4 Å². The van der Waals surface area contributed by atoms with E-state index in [-0.39, 0.29) is 10.8 Å². The second-order valence-corrected chi connectivity index (χ2v) is 11.7. The second-order valence-electron chi connectivity index (χ2n) is 10.7. The molecular formula is C29H33N3OS. The second kappa shape index (κ2) is 9.59. The maximum Gasteiger partial charge on any atom is 0.243 e. The Kier molecular flexibility index (Phi) is 6.76. The largest absolute Gasteiger partial charge is 0.437 e.